The van der Waals surface area contributed by atoms with Gasteiger partial charge in [-0.05, 0) is 38.8 Å². The van der Waals surface area contributed by atoms with Crippen LogP contribution in [0.25, 0.3) is 4.96 Å². The number of aromatic nitrogens is 2. The summed E-state index contributed by atoms with van der Waals surface area (Å²) in [4.78, 5) is 31.5. The normalized spacial score (nSPS) is 15.8. The van der Waals surface area contributed by atoms with Crippen molar-refractivity contribution in [1.29, 1.82) is 0 Å². The van der Waals surface area contributed by atoms with Gasteiger partial charge in [0.25, 0.3) is 5.56 Å². The Morgan fingerprint density at radius 1 is 1.44 bits per heavy atom. The second-order valence-electron chi connectivity index (χ2n) is 6.35. The van der Waals surface area contributed by atoms with Gasteiger partial charge in [0.2, 0.25) is 5.91 Å². The number of rotatable bonds is 7. The quantitative estimate of drug-likeness (QED) is 0.794. The zero-order valence-corrected chi connectivity index (χ0v) is 16.1. The van der Waals surface area contributed by atoms with E-state index >= 15 is 0 Å². The van der Waals surface area contributed by atoms with E-state index in [1.807, 2.05) is 17.3 Å². The van der Waals surface area contributed by atoms with E-state index in [0.717, 1.165) is 44.1 Å². The summed E-state index contributed by atoms with van der Waals surface area (Å²) in [5.74, 6) is 1.98. The summed E-state index contributed by atoms with van der Waals surface area (Å²) in [6.07, 6.45) is 5.13. The Morgan fingerprint density at radius 2 is 2.24 bits per heavy atom. The fourth-order valence-corrected chi connectivity index (χ4v) is 4.67. The molecule has 136 valence electrons. The summed E-state index contributed by atoms with van der Waals surface area (Å²) >= 11 is 2.98. The summed E-state index contributed by atoms with van der Waals surface area (Å²) in [5.41, 5.74) is 0.688. The standard InChI is InChI=1S/C17H24N4O2S2/c1-18-5-2-13-3-6-20(7-4-13)16(23)12-24-11-14-10-15(22)21-8-9-25-17(21)19-14/h8-10,13,18H,2-7,11-12H2,1H3. The molecule has 2 aromatic heterocycles. The lowest BCUT2D eigenvalue weighted by Gasteiger charge is -2.32. The fourth-order valence-electron chi connectivity index (χ4n) is 3.12. The van der Waals surface area contributed by atoms with Crippen LogP contribution in [0.3, 0.4) is 0 Å². The Balaban J connectivity index is 1.44. The Morgan fingerprint density at radius 3 is 3.00 bits per heavy atom. The van der Waals surface area contributed by atoms with Crippen LogP contribution in [-0.4, -0.2) is 52.6 Å². The molecule has 0 aliphatic carbocycles. The minimum absolute atomic E-state index is 0.0585. The Kier molecular flexibility index (Phi) is 6.50. The Hall–Kier alpha value is -1.38. The lowest BCUT2D eigenvalue weighted by atomic mass is 9.93. The summed E-state index contributed by atoms with van der Waals surface area (Å²) in [5, 5.41) is 5.04. The van der Waals surface area contributed by atoms with Crippen molar-refractivity contribution >= 4 is 34.0 Å². The number of piperidine rings is 1. The van der Waals surface area contributed by atoms with Gasteiger partial charge in [0, 0.05) is 36.5 Å². The number of fused-ring (bicyclic) bond motifs is 1. The van der Waals surface area contributed by atoms with Crippen LogP contribution in [0.5, 0.6) is 0 Å². The van der Waals surface area contributed by atoms with Crippen LogP contribution < -0.4 is 10.9 Å². The molecule has 1 aliphatic heterocycles. The summed E-state index contributed by atoms with van der Waals surface area (Å²) in [6, 6.07) is 1.56. The molecule has 0 unspecified atom stereocenters. The van der Waals surface area contributed by atoms with Crippen molar-refractivity contribution in [2.75, 3.05) is 32.4 Å². The molecule has 1 N–H and O–H groups in total. The van der Waals surface area contributed by atoms with Crippen molar-refractivity contribution in [2.45, 2.75) is 25.0 Å². The van der Waals surface area contributed by atoms with E-state index in [0.29, 0.717) is 16.5 Å². The SMILES string of the molecule is CNCCC1CCN(C(=O)CSCc2cc(=O)n3ccsc3n2)CC1. The van der Waals surface area contributed by atoms with Crippen LogP contribution in [0, 0.1) is 5.92 Å². The first-order valence-electron chi connectivity index (χ1n) is 8.63. The van der Waals surface area contributed by atoms with Gasteiger partial charge >= 0.3 is 0 Å². The van der Waals surface area contributed by atoms with E-state index in [-0.39, 0.29) is 11.5 Å². The fraction of sp³-hybridized carbons (Fsp3) is 0.588. The van der Waals surface area contributed by atoms with Gasteiger partial charge in [0.05, 0.1) is 11.4 Å². The maximum absolute atomic E-state index is 12.4. The van der Waals surface area contributed by atoms with E-state index in [1.54, 1.807) is 16.7 Å². The third kappa shape index (κ3) is 4.83. The molecule has 1 fully saturated rings. The van der Waals surface area contributed by atoms with Crippen molar-refractivity contribution in [1.82, 2.24) is 19.6 Å². The Bertz CT molecular complexity index is 765. The van der Waals surface area contributed by atoms with Crippen LogP contribution in [-0.2, 0) is 10.5 Å². The molecule has 1 amide bonds. The number of thioether (sulfide) groups is 1. The average molecular weight is 381 g/mol. The van der Waals surface area contributed by atoms with E-state index in [1.165, 1.54) is 29.5 Å². The van der Waals surface area contributed by atoms with E-state index in [9.17, 15) is 9.59 Å². The van der Waals surface area contributed by atoms with Crippen molar-refractivity contribution in [3.05, 3.63) is 33.7 Å². The maximum atomic E-state index is 12.4. The smallest absolute Gasteiger partial charge is 0.258 e. The predicted octanol–water partition coefficient (Wildman–Crippen LogP) is 1.84. The van der Waals surface area contributed by atoms with E-state index in [4.69, 9.17) is 0 Å². The van der Waals surface area contributed by atoms with Crippen LogP contribution >= 0.6 is 23.1 Å². The summed E-state index contributed by atoms with van der Waals surface area (Å²) < 4.78 is 1.54. The van der Waals surface area contributed by atoms with E-state index < -0.39 is 0 Å². The number of carbonyl (C=O) groups is 1. The first kappa shape index (κ1) is 18.4. The first-order chi connectivity index (χ1) is 12.2. The monoisotopic (exact) mass is 380 g/mol. The van der Waals surface area contributed by atoms with Crippen LogP contribution in [0.15, 0.2) is 22.4 Å². The average Bonchev–Trinajstić information content (AvgIpc) is 3.09. The topological polar surface area (TPSA) is 66.7 Å². The zero-order chi connectivity index (χ0) is 17.6. The number of hydrogen-bond donors (Lipinski definition) is 1. The zero-order valence-electron chi connectivity index (χ0n) is 14.4. The molecule has 3 heterocycles. The predicted molar refractivity (Wildman–Crippen MR) is 103 cm³/mol. The third-order valence-corrected chi connectivity index (χ3v) is 6.31. The van der Waals surface area contributed by atoms with Gasteiger partial charge in [-0.25, -0.2) is 4.98 Å². The number of thiazole rings is 1. The van der Waals surface area contributed by atoms with E-state index in [2.05, 4.69) is 10.3 Å². The van der Waals surface area contributed by atoms with Crippen LogP contribution in [0.2, 0.25) is 0 Å². The van der Waals surface area contributed by atoms with Crippen molar-refractivity contribution in [3.8, 4) is 0 Å². The number of amides is 1. The number of likely N-dealkylation sites (tertiary alicyclic amines) is 1. The summed E-state index contributed by atoms with van der Waals surface area (Å²) in [6.45, 7) is 2.79. The van der Waals surface area contributed by atoms with Gasteiger partial charge in [-0.2, -0.15) is 0 Å². The molecule has 0 bridgehead atoms. The molecule has 1 aliphatic rings. The molecule has 25 heavy (non-hydrogen) atoms. The Labute approximate surface area is 155 Å². The van der Waals surface area contributed by atoms with Crippen LogP contribution in [0.1, 0.15) is 25.0 Å². The van der Waals surface area contributed by atoms with Crippen LogP contribution in [0.4, 0.5) is 0 Å². The van der Waals surface area contributed by atoms with Crippen molar-refractivity contribution < 1.29 is 4.79 Å². The molecule has 0 spiro atoms. The second kappa shape index (κ2) is 8.82. The highest BCUT2D eigenvalue weighted by molar-refractivity contribution is 7.99. The molecule has 0 aromatic carbocycles. The van der Waals surface area contributed by atoms with Gasteiger partial charge in [0.1, 0.15) is 0 Å². The molecule has 1 saturated heterocycles. The molecule has 0 saturated carbocycles. The minimum Gasteiger partial charge on any atom is -0.342 e. The first-order valence-corrected chi connectivity index (χ1v) is 10.7. The van der Waals surface area contributed by atoms with Crippen molar-refractivity contribution in [3.63, 3.8) is 0 Å². The minimum atomic E-state index is -0.0585. The molecule has 2 aromatic rings. The molecule has 0 atom stereocenters. The van der Waals surface area contributed by atoms with Gasteiger partial charge in [-0.15, -0.1) is 23.1 Å². The third-order valence-electron chi connectivity index (χ3n) is 4.60. The highest BCUT2D eigenvalue weighted by atomic mass is 32.2. The maximum Gasteiger partial charge on any atom is 0.258 e. The number of nitrogens with one attached hydrogen (secondary N) is 1. The molecule has 0 radical (unpaired) electrons. The van der Waals surface area contributed by atoms with Crippen molar-refractivity contribution in [2.24, 2.45) is 5.92 Å². The van der Waals surface area contributed by atoms with Gasteiger partial charge in [0.15, 0.2) is 4.96 Å². The number of carbonyl (C=O) groups excluding carboxylic acids is 1. The lowest BCUT2D eigenvalue weighted by Crippen LogP contribution is -2.39. The van der Waals surface area contributed by atoms with Gasteiger partial charge in [-0.1, -0.05) is 0 Å². The van der Waals surface area contributed by atoms with Gasteiger partial charge in [-0.3, -0.25) is 14.0 Å². The molecule has 6 nitrogen and oxygen atoms in total. The highest BCUT2D eigenvalue weighted by Gasteiger charge is 2.22. The van der Waals surface area contributed by atoms with Gasteiger partial charge < -0.3 is 10.2 Å². The molecule has 8 heteroatoms. The lowest BCUT2D eigenvalue weighted by molar-refractivity contribution is -0.129. The number of nitrogens with zero attached hydrogens (tertiary/aromatic N) is 3. The molecular formula is C17H24N4O2S2. The highest BCUT2D eigenvalue weighted by Crippen LogP contribution is 2.21. The second-order valence-corrected chi connectivity index (χ2v) is 8.21. The number of hydrogen-bond acceptors (Lipinski definition) is 6. The summed E-state index contributed by atoms with van der Waals surface area (Å²) in [7, 11) is 1.98. The molecular weight excluding hydrogens is 356 g/mol. The largest absolute Gasteiger partial charge is 0.342 e. The molecule has 3 rings (SSSR count).